The fourth-order valence-corrected chi connectivity index (χ4v) is 5.51. The highest BCUT2D eigenvalue weighted by atomic mass is 16.6. The van der Waals surface area contributed by atoms with Crippen LogP contribution in [-0.2, 0) is 37.7 Å². The van der Waals surface area contributed by atoms with Crippen LogP contribution in [-0.4, -0.2) is 64.8 Å². The lowest BCUT2D eigenvalue weighted by Gasteiger charge is -2.12. The summed E-state index contributed by atoms with van der Waals surface area (Å²) in [6.45, 7) is 2.06. The second kappa shape index (κ2) is 15.0. The van der Waals surface area contributed by atoms with Crippen LogP contribution in [0.1, 0.15) is 64.2 Å². The molecule has 0 saturated carbocycles. The van der Waals surface area contributed by atoms with Crippen LogP contribution < -0.4 is 10.9 Å². The second-order valence-corrected chi connectivity index (χ2v) is 11.1. The number of hydrogen-bond acceptors (Lipinski definition) is 8. The number of carbonyl (C=O) groups is 2. The van der Waals surface area contributed by atoms with Crippen LogP contribution in [0.25, 0.3) is 0 Å². The van der Waals surface area contributed by atoms with Crippen LogP contribution in [0.5, 0.6) is 0 Å². The first-order valence-electron chi connectivity index (χ1n) is 14.9. The first kappa shape index (κ1) is 29.1. The Morgan fingerprint density at radius 2 is 1.05 bits per heavy atom. The van der Waals surface area contributed by atoms with Crippen molar-refractivity contribution in [3.63, 3.8) is 0 Å². The summed E-state index contributed by atoms with van der Waals surface area (Å²) in [6.07, 6.45) is 16.7. The van der Waals surface area contributed by atoms with Gasteiger partial charge >= 0.3 is 26.2 Å². The van der Waals surface area contributed by atoms with Crippen LogP contribution in [0.3, 0.4) is 0 Å². The number of esters is 2. The molecule has 1 aromatic rings. The maximum absolute atomic E-state index is 12.0. The van der Waals surface area contributed by atoms with Gasteiger partial charge in [0.15, 0.2) is 0 Å². The van der Waals surface area contributed by atoms with Gasteiger partial charge in [-0.3, -0.25) is 9.59 Å². The third kappa shape index (κ3) is 8.32. The molecular weight excluding hydrogens is 510 g/mol. The summed E-state index contributed by atoms with van der Waals surface area (Å²) in [4.78, 5) is 23.9. The van der Waals surface area contributed by atoms with Gasteiger partial charge in [0, 0.05) is 0 Å². The van der Waals surface area contributed by atoms with E-state index in [0.29, 0.717) is 26.4 Å². The second-order valence-electron chi connectivity index (χ2n) is 11.1. The lowest BCUT2D eigenvalue weighted by molar-refractivity contribution is -0.149. The summed E-state index contributed by atoms with van der Waals surface area (Å²) in [7, 11) is -0.743. The topological polar surface area (TPSA) is 89.5 Å². The van der Waals surface area contributed by atoms with E-state index in [0.717, 1.165) is 75.1 Å². The smallest absolute Gasteiger partial charge is 0.465 e. The standard InChI is InChI=1S/C30H40B2O8/c33-29(23-9-1-2-10-23)35-19-7-5-13-27-21-37-31(39-27)25-15-17-26(18-16-25)32-38-22-28(40-32)14-6-8-20-36-30(34)24-11-3-4-12-24/h1-4,15-18,23-24,27-28H,5-14,19-22H2. The normalized spacial score (nSPS) is 23.0. The van der Waals surface area contributed by atoms with Crippen LogP contribution in [0.2, 0.25) is 0 Å². The summed E-state index contributed by atoms with van der Waals surface area (Å²) < 4.78 is 34.8. The number of hydrogen-bond donors (Lipinski definition) is 0. The molecule has 10 heteroatoms. The van der Waals surface area contributed by atoms with E-state index in [1.165, 1.54) is 0 Å². The van der Waals surface area contributed by atoms with Crippen molar-refractivity contribution in [2.45, 2.75) is 76.4 Å². The number of unbranched alkanes of at least 4 members (excludes halogenated alkanes) is 2. The fourth-order valence-electron chi connectivity index (χ4n) is 5.51. The highest BCUT2D eigenvalue weighted by molar-refractivity contribution is 6.63. The van der Waals surface area contributed by atoms with Gasteiger partial charge in [0.2, 0.25) is 0 Å². The van der Waals surface area contributed by atoms with Gasteiger partial charge in [-0.25, -0.2) is 0 Å². The molecule has 2 aliphatic heterocycles. The molecule has 0 N–H and O–H groups in total. The molecule has 5 rings (SSSR count). The lowest BCUT2D eigenvalue weighted by atomic mass is 9.74. The van der Waals surface area contributed by atoms with Crippen molar-refractivity contribution in [3.8, 4) is 0 Å². The molecule has 0 amide bonds. The number of rotatable bonds is 14. The van der Waals surface area contributed by atoms with Crippen molar-refractivity contribution >= 4 is 37.1 Å². The molecule has 2 fully saturated rings. The zero-order valence-electron chi connectivity index (χ0n) is 23.2. The first-order chi connectivity index (χ1) is 19.7. The molecule has 8 nitrogen and oxygen atoms in total. The van der Waals surface area contributed by atoms with Gasteiger partial charge < -0.3 is 28.1 Å². The molecule has 0 bridgehead atoms. The summed E-state index contributed by atoms with van der Waals surface area (Å²) in [5.41, 5.74) is 1.95. The van der Waals surface area contributed by atoms with Crippen molar-refractivity contribution in [2.24, 2.45) is 11.8 Å². The molecule has 2 aliphatic carbocycles. The molecule has 0 spiro atoms. The Labute approximate surface area is 238 Å². The number of allylic oxidation sites excluding steroid dienone is 4. The predicted molar refractivity (Wildman–Crippen MR) is 152 cm³/mol. The van der Waals surface area contributed by atoms with E-state index in [2.05, 4.69) is 0 Å². The Balaban J connectivity index is 0.930. The quantitative estimate of drug-likeness (QED) is 0.151. The summed E-state index contributed by atoms with van der Waals surface area (Å²) in [6, 6.07) is 8.03. The van der Waals surface area contributed by atoms with Crippen LogP contribution in [0.15, 0.2) is 48.6 Å². The molecule has 2 unspecified atom stereocenters. The Morgan fingerprint density at radius 3 is 1.45 bits per heavy atom. The monoisotopic (exact) mass is 550 g/mol. The van der Waals surface area contributed by atoms with E-state index in [9.17, 15) is 9.59 Å². The molecule has 2 heterocycles. The highest BCUT2D eigenvalue weighted by Gasteiger charge is 2.35. The zero-order valence-corrected chi connectivity index (χ0v) is 23.2. The summed E-state index contributed by atoms with van der Waals surface area (Å²) in [5.74, 6) is -0.129. The minimum absolute atomic E-state index is 0.0142. The van der Waals surface area contributed by atoms with Crippen LogP contribution >= 0.6 is 0 Å². The third-order valence-electron chi connectivity index (χ3n) is 7.99. The molecule has 0 aromatic heterocycles. The van der Waals surface area contributed by atoms with Crippen molar-refractivity contribution in [2.75, 3.05) is 26.4 Å². The zero-order chi connectivity index (χ0) is 27.6. The molecule has 2 saturated heterocycles. The van der Waals surface area contributed by atoms with E-state index in [1.807, 2.05) is 48.6 Å². The van der Waals surface area contributed by atoms with Gasteiger partial charge in [0.05, 0.1) is 50.5 Å². The molecule has 4 aliphatic rings. The molecule has 1 aromatic carbocycles. The number of carbonyl (C=O) groups excluding carboxylic acids is 2. The number of benzene rings is 1. The van der Waals surface area contributed by atoms with Crippen molar-refractivity contribution in [1.82, 2.24) is 0 Å². The minimum atomic E-state index is -0.371. The van der Waals surface area contributed by atoms with E-state index >= 15 is 0 Å². The van der Waals surface area contributed by atoms with Gasteiger partial charge in [-0.2, -0.15) is 0 Å². The maximum Gasteiger partial charge on any atom is 0.494 e. The summed E-state index contributed by atoms with van der Waals surface area (Å²) >= 11 is 0. The fraction of sp³-hybridized carbons (Fsp3) is 0.600. The highest BCUT2D eigenvalue weighted by Crippen LogP contribution is 2.21. The van der Waals surface area contributed by atoms with E-state index in [4.69, 9.17) is 28.1 Å². The van der Waals surface area contributed by atoms with Gasteiger partial charge in [0.1, 0.15) is 0 Å². The van der Waals surface area contributed by atoms with Gasteiger partial charge in [-0.05, 0) is 75.1 Å². The largest absolute Gasteiger partial charge is 0.494 e. The van der Waals surface area contributed by atoms with Crippen molar-refractivity contribution in [1.29, 1.82) is 0 Å². The molecule has 214 valence electrons. The Morgan fingerprint density at radius 1 is 0.650 bits per heavy atom. The average Bonchev–Trinajstić information content (AvgIpc) is 3.80. The van der Waals surface area contributed by atoms with Gasteiger partial charge in [-0.15, -0.1) is 0 Å². The van der Waals surface area contributed by atoms with Gasteiger partial charge in [0.25, 0.3) is 0 Å². The average molecular weight is 550 g/mol. The van der Waals surface area contributed by atoms with Crippen LogP contribution in [0, 0.1) is 11.8 Å². The lowest BCUT2D eigenvalue weighted by Crippen LogP contribution is -2.37. The van der Waals surface area contributed by atoms with E-state index < -0.39 is 0 Å². The Bertz CT molecular complexity index is 932. The Hall–Kier alpha value is -2.39. The van der Waals surface area contributed by atoms with Crippen molar-refractivity contribution in [3.05, 3.63) is 48.6 Å². The number of ether oxygens (including phenoxy) is 2. The SMILES string of the molecule is O=C(OCCCCC1COB(c2ccc(B3OCC(CCCCOC(=O)C4CC=CC4)O3)cc2)O1)C1CC=CC1. The molecular formula is C30H40B2O8. The van der Waals surface area contributed by atoms with E-state index in [-0.39, 0.29) is 50.2 Å². The minimum Gasteiger partial charge on any atom is -0.465 e. The summed E-state index contributed by atoms with van der Waals surface area (Å²) in [5, 5.41) is 0. The Kier molecular flexibility index (Phi) is 10.9. The van der Waals surface area contributed by atoms with Crippen molar-refractivity contribution < 1.29 is 37.7 Å². The van der Waals surface area contributed by atoms with E-state index in [1.54, 1.807) is 0 Å². The first-order valence-corrected chi connectivity index (χ1v) is 14.9. The molecule has 0 radical (unpaired) electrons. The predicted octanol–water partition coefficient (Wildman–Crippen LogP) is 3.27. The molecule has 2 atom stereocenters. The van der Waals surface area contributed by atoms with Crippen LogP contribution in [0.4, 0.5) is 0 Å². The van der Waals surface area contributed by atoms with Gasteiger partial charge in [-0.1, -0.05) is 48.6 Å². The molecule has 40 heavy (non-hydrogen) atoms. The maximum atomic E-state index is 12.0. The third-order valence-corrected chi connectivity index (χ3v) is 7.99.